The molecule has 8 heteroatoms. The van der Waals surface area contributed by atoms with E-state index in [1.54, 1.807) is 0 Å². The monoisotopic (exact) mass is 240 g/mol. The van der Waals surface area contributed by atoms with Gasteiger partial charge in [-0.05, 0) is 19.4 Å². The predicted octanol–water partition coefficient (Wildman–Crippen LogP) is -0.879. The van der Waals surface area contributed by atoms with Crippen molar-refractivity contribution in [2.75, 3.05) is 12.9 Å². The lowest BCUT2D eigenvalue weighted by Gasteiger charge is -2.11. The molecular weight excluding hydrogens is 223 g/mol. The Kier molecular flexibility index (Phi) is 6.71. The highest BCUT2D eigenvalue weighted by Crippen LogP contribution is 2.33. The van der Waals surface area contributed by atoms with Crippen LogP contribution in [0.3, 0.4) is 0 Å². The summed E-state index contributed by atoms with van der Waals surface area (Å²) in [5.74, 6) is -0.796. The molecule has 0 heterocycles. The van der Waals surface area contributed by atoms with Crippen LogP contribution in [0.15, 0.2) is 0 Å². The van der Waals surface area contributed by atoms with Gasteiger partial charge >= 0.3 is 13.6 Å². The average molecular weight is 240 g/mol. The number of carbonyl (C=O) groups excluding carboxylic acids is 1. The first-order chi connectivity index (χ1) is 6.87. The van der Waals surface area contributed by atoms with Crippen LogP contribution < -0.4 is 11.5 Å². The molecule has 0 amide bonds. The summed E-state index contributed by atoms with van der Waals surface area (Å²) in [4.78, 5) is 27.9. The molecule has 0 aliphatic rings. The summed E-state index contributed by atoms with van der Waals surface area (Å²) in [6, 6.07) is -0.844. The minimum absolute atomic E-state index is 0.400. The third-order valence-corrected chi connectivity index (χ3v) is 2.11. The van der Waals surface area contributed by atoms with Gasteiger partial charge in [-0.3, -0.25) is 9.36 Å². The van der Waals surface area contributed by atoms with Crippen LogP contribution in [0.1, 0.15) is 19.3 Å². The second-order valence-electron chi connectivity index (χ2n) is 3.15. The Bertz CT molecular complexity index is 242. The smallest absolute Gasteiger partial charge is 0.362 e. The van der Waals surface area contributed by atoms with Gasteiger partial charge in [0, 0.05) is 0 Å². The van der Waals surface area contributed by atoms with Crippen LogP contribution in [-0.2, 0) is 14.1 Å². The number of carbonyl (C=O) groups is 1. The first-order valence-corrected chi connectivity index (χ1v) is 6.33. The number of hydrogen-bond donors (Lipinski definition) is 4. The van der Waals surface area contributed by atoms with E-state index in [0.717, 1.165) is 6.42 Å². The van der Waals surface area contributed by atoms with Gasteiger partial charge in [0.2, 0.25) is 0 Å². The van der Waals surface area contributed by atoms with Crippen LogP contribution in [0.5, 0.6) is 0 Å². The van der Waals surface area contributed by atoms with Gasteiger partial charge in [-0.2, -0.15) is 0 Å². The van der Waals surface area contributed by atoms with E-state index in [0.29, 0.717) is 19.4 Å². The molecule has 0 aromatic carbocycles. The molecule has 0 radical (unpaired) electrons. The maximum Gasteiger partial charge on any atom is 0.362 e. The van der Waals surface area contributed by atoms with Crippen molar-refractivity contribution in [3.63, 3.8) is 0 Å². The normalized spacial score (nSPS) is 13.6. The molecule has 0 spiro atoms. The van der Waals surface area contributed by atoms with E-state index in [-0.39, 0.29) is 0 Å². The highest BCUT2D eigenvalue weighted by molar-refractivity contribution is 7.51. The summed E-state index contributed by atoms with van der Waals surface area (Å²) in [6.07, 6.45) is 0.912. The second-order valence-corrected chi connectivity index (χ2v) is 4.74. The predicted molar refractivity (Wildman–Crippen MR) is 53.9 cm³/mol. The Morgan fingerprint density at radius 1 is 1.40 bits per heavy atom. The number of esters is 1. The Labute approximate surface area is 87.9 Å². The fourth-order valence-electron chi connectivity index (χ4n) is 0.881. The summed E-state index contributed by atoms with van der Waals surface area (Å²) in [5.41, 5.74) is 10.7. The number of hydrogen-bond acceptors (Lipinski definition) is 5. The Morgan fingerprint density at radius 3 is 2.47 bits per heavy atom. The Morgan fingerprint density at radius 2 is 2.00 bits per heavy atom. The summed E-state index contributed by atoms with van der Waals surface area (Å²) in [6.45, 7) is 0.518. The Balaban J connectivity index is 3.74. The van der Waals surface area contributed by atoms with Gasteiger partial charge < -0.3 is 26.0 Å². The summed E-state index contributed by atoms with van der Waals surface area (Å²) >= 11 is 0. The molecule has 0 fully saturated rings. The SMILES string of the molecule is NCCCC[C@H](N)C(=O)OCP(=O)(O)O. The van der Waals surface area contributed by atoms with Crippen LogP contribution in [-0.4, -0.2) is 34.7 Å². The van der Waals surface area contributed by atoms with Crippen LogP contribution in [0.25, 0.3) is 0 Å². The van der Waals surface area contributed by atoms with Crippen LogP contribution >= 0.6 is 7.60 Å². The minimum Gasteiger partial charge on any atom is -0.452 e. The van der Waals surface area contributed by atoms with Crippen molar-refractivity contribution >= 4 is 13.6 Å². The van der Waals surface area contributed by atoms with Gasteiger partial charge in [0.1, 0.15) is 6.04 Å². The van der Waals surface area contributed by atoms with Crippen molar-refractivity contribution in [2.24, 2.45) is 11.5 Å². The van der Waals surface area contributed by atoms with Gasteiger partial charge in [-0.25, -0.2) is 0 Å². The van der Waals surface area contributed by atoms with Crippen LogP contribution in [0, 0.1) is 0 Å². The van der Waals surface area contributed by atoms with Gasteiger partial charge in [0.15, 0.2) is 6.35 Å². The van der Waals surface area contributed by atoms with E-state index in [9.17, 15) is 9.36 Å². The molecule has 1 atom stereocenters. The van der Waals surface area contributed by atoms with Crippen LogP contribution in [0.4, 0.5) is 0 Å². The van der Waals surface area contributed by atoms with Crippen molar-refractivity contribution < 1.29 is 23.9 Å². The lowest BCUT2D eigenvalue weighted by atomic mass is 10.1. The quantitative estimate of drug-likeness (QED) is 0.257. The van der Waals surface area contributed by atoms with Gasteiger partial charge in [0.05, 0.1) is 0 Å². The molecule has 0 unspecified atom stereocenters. The van der Waals surface area contributed by atoms with Crippen molar-refractivity contribution in [1.82, 2.24) is 0 Å². The fourth-order valence-corrected chi connectivity index (χ4v) is 1.18. The molecule has 90 valence electrons. The molecule has 0 bridgehead atoms. The zero-order valence-electron chi connectivity index (χ0n) is 8.33. The van der Waals surface area contributed by atoms with Crippen LogP contribution in [0.2, 0.25) is 0 Å². The van der Waals surface area contributed by atoms with Gasteiger partial charge in [-0.15, -0.1) is 0 Å². The molecule has 6 N–H and O–H groups in total. The largest absolute Gasteiger partial charge is 0.452 e. The van der Waals surface area contributed by atoms with E-state index in [4.69, 9.17) is 21.3 Å². The van der Waals surface area contributed by atoms with Crippen molar-refractivity contribution in [2.45, 2.75) is 25.3 Å². The first kappa shape index (κ1) is 14.5. The highest BCUT2D eigenvalue weighted by Gasteiger charge is 2.20. The van der Waals surface area contributed by atoms with Gasteiger partial charge in [-0.1, -0.05) is 6.42 Å². The maximum absolute atomic E-state index is 11.1. The number of unbranched alkanes of at least 4 members (excludes halogenated alkanes) is 1. The summed E-state index contributed by atoms with van der Waals surface area (Å²) in [7, 11) is -4.31. The molecule has 0 aliphatic heterocycles. The molecule has 0 rings (SSSR count). The number of nitrogens with two attached hydrogens (primary N) is 2. The van der Waals surface area contributed by atoms with Gasteiger partial charge in [0.25, 0.3) is 0 Å². The molecule has 0 saturated carbocycles. The minimum atomic E-state index is -4.31. The Hall–Kier alpha value is -0.460. The number of rotatable bonds is 7. The molecule has 7 nitrogen and oxygen atoms in total. The maximum atomic E-state index is 11.1. The molecule has 0 aliphatic carbocycles. The fraction of sp³-hybridized carbons (Fsp3) is 0.857. The van der Waals surface area contributed by atoms with E-state index in [1.165, 1.54) is 0 Å². The highest BCUT2D eigenvalue weighted by atomic mass is 31.2. The lowest BCUT2D eigenvalue weighted by molar-refractivity contribution is -0.143. The van der Waals surface area contributed by atoms with Crippen molar-refractivity contribution in [1.29, 1.82) is 0 Å². The summed E-state index contributed by atoms with van der Waals surface area (Å²) < 4.78 is 14.7. The molecular formula is C7H17N2O5P. The lowest BCUT2D eigenvalue weighted by Crippen LogP contribution is -2.32. The molecule has 15 heavy (non-hydrogen) atoms. The van der Waals surface area contributed by atoms with E-state index in [1.807, 2.05) is 0 Å². The first-order valence-electron chi connectivity index (χ1n) is 4.53. The molecule has 0 saturated heterocycles. The standard InChI is InChI=1S/C7H17N2O5P/c8-4-2-1-3-6(9)7(10)14-5-15(11,12)13/h6H,1-5,8-9H2,(H2,11,12,13)/t6-/m0/s1. The number of ether oxygens (including phenoxy) is 1. The van der Waals surface area contributed by atoms with E-state index >= 15 is 0 Å². The third-order valence-electron chi connectivity index (χ3n) is 1.65. The zero-order chi connectivity index (χ0) is 11.9. The van der Waals surface area contributed by atoms with Crippen molar-refractivity contribution in [3.05, 3.63) is 0 Å². The average Bonchev–Trinajstić information content (AvgIpc) is 2.13. The topological polar surface area (TPSA) is 136 Å². The second kappa shape index (κ2) is 6.92. The van der Waals surface area contributed by atoms with Crippen molar-refractivity contribution in [3.8, 4) is 0 Å². The van der Waals surface area contributed by atoms with E-state index < -0.39 is 26.0 Å². The third kappa shape index (κ3) is 8.53. The molecule has 0 aromatic rings. The zero-order valence-corrected chi connectivity index (χ0v) is 9.23. The molecule has 0 aromatic heterocycles. The summed E-state index contributed by atoms with van der Waals surface area (Å²) in [5, 5.41) is 0. The van der Waals surface area contributed by atoms with E-state index in [2.05, 4.69) is 4.74 Å².